The number of aromatic amines is 1. The summed E-state index contributed by atoms with van der Waals surface area (Å²) < 4.78 is 2.28. The van der Waals surface area contributed by atoms with Crippen LogP contribution in [0.3, 0.4) is 0 Å². The lowest BCUT2D eigenvalue weighted by Gasteiger charge is -2.35. The number of nitrogens with zero attached hydrogens (tertiary/aromatic N) is 3. The van der Waals surface area contributed by atoms with Gasteiger partial charge in [-0.1, -0.05) is 67.6 Å². The van der Waals surface area contributed by atoms with Gasteiger partial charge in [0.05, 0.1) is 11.7 Å². The molecular formula is C28H29N5. The summed E-state index contributed by atoms with van der Waals surface area (Å²) in [4.78, 5) is 12.5. The van der Waals surface area contributed by atoms with Crippen LogP contribution in [0.15, 0.2) is 85.3 Å². The van der Waals surface area contributed by atoms with Crippen LogP contribution in [-0.2, 0) is 12.8 Å². The van der Waals surface area contributed by atoms with Gasteiger partial charge in [-0.2, -0.15) is 0 Å². The zero-order valence-electron chi connectivity index (χ0n) is 18.9. The van der Waals surface area contributed by atoms with Crippen molar-refractivity contribution >= 4 is 16.8 Å². The van der Waals surface area contributed by atoms with E-state index in [9.17, 15) is 0 Å². The van der Waals surface area contributed by atoms with Crippen LogP contribution in [0.2, 0.25) is 0 Å². The van der Waals surface area contributed by atoms with Gasteiger partial charge in [0, 0.05) is 29.5 Å². The highest BCUT2D eigenvalue weighted by Crippen LogP contribution is 2.51. The predicted octanol–water partition coefficient (Wildman–Crippen LogP) is 5.13. The smallest absolute Gasteiger partial charge is 0.156 e. The van der Waals surface area contributed by atoms with Gasteiger partial charge in [0.1, 0.15) is 0 Å². The molecule has 5 aromatic rings. The molecule has 2 aromatic carbocycles. The molecule has 1 fully saturated rings. The number of nitrogens with two attached hydrogens (primary N) is 1. The van der Waals surface area contributed by atoms with Gasteiger partial charge in [-0.05, 0) is 48.3 Å². The molecule has 3 aromatic heterocycles. The molecule has 33 heavy (non-hydrogen) atoms. The number of hydrogen-bond donors (Lipinski definition) is 2. The van der Waals surface area contributed by atoms with E-state index in [2.05, 4.69) is 94.2 Å². The summed E-state index contributed by atoms with van der Waals surface area (Å²) >= 11 is 0. The van der Waals surface area contributed by atoms with Crippen molar-refractivity contribution in [2.45, 2.75) is 37.6 Å². The molecule has 0 spiro atoms. The van der Waals surface area contributed by atoms with E-state index in [-0.39, 0.29) is 11.5 Å². The highest BCUT2D eigenvalue weighted by molar-refractivity contribution is 5.74. The fraction of sp³-hybridized carbons (Fsp3) is 0.286. The summed E-state index contributed by atoms with van der Waals surface area (Å²) in [5.74, 6) is 1.03. The topological polar surface area (TPSA) is 72.0 Å². The van der Waals surface area contributed by atoms with Crippen molar-refractivity contribution in [3.05, 3.63) is 102 Å². The van der Waals surface area contributed by atoms with Crippen LogP contribution in [0.5, 0.6) is 0 Å². The number of H-pyrrole nitrogens is 1. The zero-order valence-corrected chi connectivity index (χ0v) is 18.9. The Bertz CT molecular complexity index is 1390. The van der Waals surface area contributed by atoms with Gasteiger partial charge in [0.15, 0.2) is 11.3 Å². The Balaban J connectivity index is 1.48. The fourth-order valence-electron chi connectivity index (χ4n) is 6.23. The summed E-state index contributed by atoms with van der Waals surface area (Å²) in [7, 11) is 0. The SMILES string of the molecule is CC1CC(N)(Cc2ccccc2)C(Cc2ccccc2)C1c1cnc2cnc3[nH]ccc3n12. The van der Waals surface area contributed by atoms with Crippen molar-refractivity contribution in [1.29, 1.82) is 0 Å². The molecule has 0 amide bonds. The largest absolute Gasteiger partial charge is 0.345 e. The molecule has 0 saturated heterocycles. The molecule has 0 radical (unpaired) electrons. The van der Waals surface area contributed by atoms with Gasteiger partial charge in [0.25, 0.3) is 0 Å². The van der Waals surface area contributed by atoms with Crippen LogP contribution >= 0.6 is 0 Å². The minimum Gasteiger partial charge on any atom is -0.345 e. The number of benzene rings is 2. The number of rotatable bonds is 5. The lowest BCUT2D eigenvalue weighted by atomic mass is 9.75. The predicted molar refractivity (Wildman–Crippen MR) is 132 cm³/mol. The minimum absolute atomic E-state index is 0.289. The number of imidazole rings is 1. The first-order valence-electron chi connectivity index (χ1n) is 11.8. The molecule has 166 valence electrons. The van der Waals surface area contributed by atoms with Gasteiger partial charge >= 0.3 is 0 Å². The van der Waals surface area contributed by atoms with Gasteiger partial charge in [-0.25, -0.2) is 9.97 Å². The molecule has 5 nitrogen and oxygen atoms in total. The molecule has 3 N–H and O–H groups in total. The first-order chi connectivity index (χ1) is 16.1. The summed E-state index contributed by atoms with van der Waals surface area (Å²) in [5.41, 5.74) is 13.8. The zero-order chi connectivity index (χ0) is 22.4. The second-order valence-electron chi connectivity index (χ2n) is 9.75. The van der Waals surface area contributed by atoms with E-state index >= 15 is 0 Å². The molecule has 4 unspecified atom stereocenters. The van der Waals surface area contributed by atoms with Crippen LogP contribution in [0.1, 0.15) is 36.1 Å². The van der Waals surface area contributed by atoms with Crippen molar-refractivity contribution in [3.63, 3.8) is 0 Å². The maximum atomic E-state index is 7.36. The van der Waals surface area contributed by atoms with Gasteiger partial charge in [0.2, 0.25) is 0 Å². The van der Waals surface area contributed by atoms with E-state index < -0.39 is 0 Å². The van der Waals surface area contributed by atoms with Crippen molar-refractivity contribution in [2.75, 3.05) is 0 Å². The number of fused-ring (bicyclic) bond motifs is 3. The lowest BCUT2D eigenvalue weighted by Crippen LogP contribution is -2.47. The molecule has 1 aliphatic carbocycles. The van der Waals surface area contributed by atoms with Crippen LogP contribution in [0.25, 0.3) is 16.8 Å². The van der Waals surface area contributed by atoms with Crippen molar-refractivity contribution in [1.82, 2.24) is 19.4 Å². The third-order valence-corrected chi connectivity index (χ3v) is 7.57. The maximum absolute atomic E-state index is 7.36. The molecule has 1 aliphatic rings. The normalized spacial score (nSPS) is 25.2. The van der Waals surface area contributed by atoms with E-state index in [0.717, 1.165) is 36.1 Å². The highest BCUT2D eigenvalue weighted by Gasteiger charge is 2.50. The monoisotopic (exact) mass is 435 g/mol. The van der Waals surface area contributed by atoms with Crippen molar-refractivity contribution in [3.8, 4) is 0 Å². The molecule has 1 saturated carbocycles. The molecule has 6 rings (SSSR count). The van der Waals surface area contributed by atoms with E-state index in [1.807, 2.05) is 12.4 Å². The Morgan fingerprint density at radius 1 is 0.970 bits per heavy atom. The lowest BCUT2D eigenvalue weighted by molar-refractivity contribution is 0.291. The Kier molecular flexibility index (Phi) is 4.80. The van der Waals surface area contributed by atoms with E-state index in [0.29, 0.717) is 11.8 Å². The molecule has 0 bridgehead atoms. The second-order valence-corrected chi connectivity index (χ2v) is 9.75. The molecule has 5 heteroatoms. The third kappa shape index (κ3) is 3.44. The second kappa shape index (κ2) is 7.85. The summed E-state index contributed by atoms with van der Waals surface area (Å²) in [5, 5.41) is 0. The average molecular weight is 436 g/mol. The van der Waals surface area contributed by atoms with Gasteiger partial charge < -0.3 is 10.7 Å². The van der Waals surface area contributed by atoms with Gasteiger partial charge in [-0.15, -0.1) is 0 Å². The van der Waals surface area contributed by atoms with Crippen molar-refractivity contribution in [2.24, 2.45) is 17.6 Å². The Morgan fingerprint density at radius 3 is 2.45 bits per heavy atom. The molecule has 4 atom stereocenters. The Labute approximate surface area is 193 Å². The average Bonchev–Trinajstić information content (AvgIpc) is 3.51. The van der Waals surface area contributed by atoms with Gasteiger partial charge in [-0.3, -0.25) is 4.40 Å². The number of nitrogens with one attached hydrogen (secondary N) is 1. The summed E-state index contributed by atoms with van der Waals surface area (Å²) in [6.45, 7) is 2.36. The van der Waals surface area contributed by atoms with Crippen LogP contribution < -0.4 is 5.73 Å². The van der Waals surface area contributed by atoms with Crippen molar-refractivity contribution < 1.29 is 0 Å². The number of aromatic nitrogens is 4. The molecular weight excluding hydrogens is 406 g/mol. The Morgan fingerprint density at radius 2 is 1.70 bits per heavy atom. The fourth-order valence-corrected chi connectivity index (χ4v) is 6.23. The first-order valence-corrected chi connectivity index (χ1v) is 11.8. The molecule has 3 heterocycles. The Hall–Kier alpha value is -3.44. The van der Waals surface area contributed by atoms with Crippen LogP contribution in [-0.4, -0.2) is 24.9 Å². The standard InChI is InChI=1S/C28H29N5/c1-19-15-28(29,16-21-10-6-3-7-11-21)22(14-20-8-4-2-5-9-20)26(19)24-17-31-25-18-32-27-23(33(24)25)12-13-30-27/h2-13,17-19,22,26,30H,14-16,29H2,1H3. The molecule has 0 aliphatic heterocycles. The summed E-state index contributed by atoms with van der Waals surface area (Å²) in [6.07, 6.45) is 8.67. The first kappa shape index (κ1) is 20.2. The van der Waals surface area contributed by atoms with Crippen LogP contribution in [0, 0.1) is 11.8 Å². The number of hydrogen-bond acceptors (Lipinski definition) is 3. The van der Waals surface area contributed by atoms with Crippen LogP contribution in [0.4, 0.5) is 0 Å². The van der Waals surface area contributed by atoms with E-state index in [4.69, 9.17) is 10.7 Å². The minimum atomic E-state index is -0.296. The van der Waals surface area contributed by atoms with E-state index in [1.165, 1.54) is 16.8 Å². The van der Waals surface area contributed by atoms with E-state index in [1.54, 1.807) is 0 Å². The maximum Gasteiger partial charge on any atom is 0.156 e. The summed E-state index contributed by atoms with van der Waals surface area (Å²) in [6, 6.07) is 23.6. The quantitative estimate of drug-likeness (QED) is 0.402. The highest BCUT2D eigenvalue weighted by atomic mass is 15.1. The third-order valence-electron chi connectivity index (χ3n) is 7.57.